The Kier molecular flexibility index (Phi) is 6.50. The molecule has 0 radical (unpaired) electrons. The van der Waals surface area contributed by atoms with Gasteiger partial charge in [-0.3, -0.25) is 14.5 Å². The predicted octanol–water partition coefficient (Wildman–Crippen LogP) is 2.84. The molecule has 0 heterocycles. The third-order valence-corrected chi connectivity index (χ3v) is 3.80. The normalized spacial score (nSPS) is 11.9. The van der Waals surface area contributed by atoms with Crippen LogP contribution in [0.15, 0.2) is 48.5 Å². The van der Waals surface area contributed by atoms with E-state index >= 15 is 0 Å². The van der Waals surface area contributed by atoms with Gasteiger partial charge in [-0.2, -0.15) is 0 Å². The zero-order valence-corrected chi connectivity index (χ0v) is 14.7. The van der Waals surface area contributed by atoms with Gasteiger partial charge >= 0.3 is 0 Å². The summed E-state index contributed by atoms with van der Waals surface area (Å²) in [5, 5.41) is 5.08. The van der Waals surface area contributed by atoms with E-state index in [2.05, 4.69) is 10.6 Å². The van der Waals surface area contributed by atoms with E-state index in [1.165, 1.54) is 12.1 Å². The van der Waals surface area contributed by atoms with Gasteiger partial charge in [0, 0.05) is 5.69 Å². The van der Waals surface area contributed by atoms with E-state index in [1.54, 1.807) is 19.0 Å². The summed E-state index contributed by atoms with van der Waals surface area (Å²) in [5.74, 6) is -1.28. The van der Waals surface area contributed by atoms with E-state index in [0.29, 0.717) is 5.69 Å². The maximum atomic E-state index is 13.1. The van der Waals surface area contributed by atoms with Crippen LogP contribution in [0.1, 0.15) is 11.6 Å². The number of anilines is 1. The highest BCUT2D eigenvalue weighted by Crippen LogP contribution is 2.19. The van der Waals surface area contributed by atoms with Crippen molar-refractivity contribution in [2.45, 2.75) is 6.04 Å². The van der Waals surface area contributed by atoms with Gasteiger partial charge in [0.25, 0.3) is 0 Å². The van der Waals surface area contributed by atoms with Crippen molar-refractivity contribution < 1.29 is 14.0 Å². The van der Waals surface area contributed by atoms with Gasteiger partial charge < -0.3 is 10.6 Å². The van der Waals surface area contributed by atoms with E-state index in [-0.39, 0.29) is 17.5 Å². The summed E-state index contributed by atoms with van der Waals surface area (Å²) in [6, 6.07) is 12.6. The Balaban J connectivity index is 1.95. The van der Waals surface area contributed by atoms with Crippen LogP contribution < -0.4 is 10.6 Å². The predicted molar refractivity (Wildman–Crippen MR) is 95.9 cm³/mol. The van der Waals surface area contributed by atoms with Crippen LogP contribution in [0.2, 0.25) is 5.02 Å². The molecule has 2 aromatic carbocycles. The van der Waals surface area contributed by atoms with Crippen molar-refractivity contribution in [3.05, 3.63) is 64.9 Å². The second-order valence-corrected chi connectivity index (χ2v) is 6.08. The summed E-state index contributed by atoms with van der Waals surface area (Å²) in [4.78, 5) is 26.2. The molecule has 0 aliphatic heterocycles. The van der Waals surface area contributed by atoms with Gasteiger partial charge in [0.2, 0.25) is 11.8 Å². The number of halogens is 2. The van der Waals surface area contributed by atoms with Crippen LogP contribution in [0.4, 0.5) is 10.1 Å². The lowest BCUT2D eigenvalue weighted by Gasteiger charge is -2.23. The van der Waals surface area contributed by atoms with Gasteiger partial charge in [-0.05, 0) is 37.9 Å². The number of carbonyl (C=O) groups is 2. The van der Waals surface area contributed by atoms with Gasteiger partial charge in [0.05, 0.1) is 11.6 Å². The number of hydrogen-bond acceptors (Lipinski definition) is 3. The zero-order chi connectivity index (χ0) is 18.4. The van der Waals surface area contributed by atoms with Crippen LogP contribution in [-0.4, -0.2) is 37.4 Å². The first-order chi connectivity index (χ1) is 11.9. The zero-order valence-electron chi connectivity index (χ0n) is 13.9. The molecule has 0 aliphatic rings. The molecule has 0 saturated carbocycles. The molecule has 0 saturated heterocycles. The van der Waals surface area contributed by atoms with Crippen LogP contribution in [0.5, 0.6) is 0 Å². The van der Waals surface area contributed by atoms with Crippen molar-refractivity contribution in [1.82, 2.24) is 10.2 Å². The number of amides is 2. The van der Waals surface area contributed by atoms with Crippen LogP contribution in [0, 0.1) is 5.82 Å². The molecule has 0 spiro atoms. The number of benzene rings is 2. The Morgan fingerprint density at radius 2 is 1.84 bits per heavy atom. The minimum absolute atomic E-state index is 0.0846. The minimum atomic E-state index is -0.565. The van der Waals surface area contributed by atoms with Gasteiger partial charge in [-0.15, -0.1) is 0 Å². The molecule has 1 atom stereocenters. The number of carbonyl (C=O) groups excluding carboxylic acids is 2. The molecule has 25 heavy (non-hydrogen) atoms. The van der Waals surface area contributed by atoms with Crippen molar-refractivity contribution in [2.75, 3.05) is 26.0 Å². The Bertz CT molecular complexity index is 753. The number of nitrogens with one attached hydrogen (secondary N) is 2. The highest BCUT2D eigenvalue weighted by atomic mass is 35.5. The quantitative estimate of drug-likeness (QED) is 0.829. The van der Waals surface area contributed by atoms with Crippen molar-refractivity contribution in [1.29, 1.82) is 0 Å². The standard InChI is InChI=1S/C18H19ClFN3O2/c1-23(2)17(12-6-4-3-5-7-12)18(25)21-11-16(24)22-13-8-9-15(20)14(19)10-13/h3-10,17H,11H2,1-2H3,(H,21,25)(H,22,24). The Hall–Kier alpha value is -2.44. The number of hydrogen-bond donors (Lipinski definition) is 2. The van der Waals surface area contributed by atoms with Crippen LogP contribution in [-0.2, 0) is 9.59 Å². The molecule has 2 rings (SSSR count). The van der Waals surface area contributed by atoms with E-state index in [4.69, 9.17) is 11.6 Å². The topological polar surface area (TPSA) is 61.4 Å². The summed E-state index contributed by atoms with van der Waals surface area (Å²) in [5.41, 5.74) is 1.19. The molecule has 132 valence electrons. The summed E-state index contributed by atoms with van der Waals surface area (Å²) in [6.45, 7) is -0.203. The van der Waals surface area contributed by atoms with Crippen LogP contribution in [0.3, 0.4) is 0 Å². The average Bonchev–Trinajstić information content (AvgIpc) is 2.57. The molecule has 0 aliphatic carbocycles. The largest absolute Gasteiger partial charge is 0.345 e. The molecule has 2 N–H and O–H groups in total. The third kappa shape index (κ3) is 5.27. The van der Waals surface area contributed by atoms with Crippen molar-refractivity contribution in [3.63, 3.8) is 0 Å². The van der Waals surface area contributed by atoms with Crippen molar-refractivity contribution >= 4 is 29.1 Å². The molecule has 0 fully saturated rings. The maximum absolute atomic E-state index is 13.1. The fourth-order valence-corrected chi connectivity index (χ4v) is 2.54. The van der Waals surface area contributed by atoms with E-state index in [1.807, 2.05) is 30.3 Å². The first-order valence-corrected chi connectivity index (χ1v) is 8.00. The van der Waals surface area contributed by atoms with Crippen LogP contribution >= 0.6 is 11.6 Å². The van der Waals surface area contributed by atoms with E-state index in [0.717, 1.165) is 11.6 Å². The Labute approximate surface area is 150 Å². The van der Waals surface area contributed by atoms with Crippen LogP contribution in [0.25, 0.3) is 0 Å². The van der Waals surface area contributed by atoms with Gasteiger partial charge in [0.15, 0.2) is 0 Å². The second-order valence-electron chi connectivity index (χ2n) is 5.67. The number of rotatable bonds is 6. The SMILES string of the molecule is CN(C)C(C(=O)NCC(=O)Nc1ccc(F)c(Cl)c1)c1ccccc1. The molecule has 0 bridgehead atoms. The van der Waals surface area contributed by atoms with E-state index in [9.17, 15) is 14.0 Å². The molecule has 7 heteroatoms. The summed E-state index contributed by atoms with van der Waals surface area (Å²) in [6.07, 6.45) is 0. The first kappa shape index (κ1) is 18.9. The molecule has 0 aromatic heterocycles. The summed E-state index contributed by atoms with van der Waals surface area (Å²) in [7, 11) is 3.58. The fraction of sp³-hybridized carbons (Fsp3) is 0.222. The summed E-state index contributed by atoms with van der Waals surface area (Å²) >= 11 is 5.67. The van der Waals surface area contributed by atoms with Crippen molar-refractivity contribution in [2.24, 2.45) is 0 Å². The number of likely N-dealkylation sites (N-methyl/N-ethyl adjacent to an activating group) is 1. The highest BCUT2D eigenvalue weighted by Gasteiger charge is 2.22. The molecular weight excluding hydrogens is 345 g/mol. The number of nitrogens with zero attached hydrogens (tertiary/aromatic N) is 1. The Morgan fingerprint density at radius 3 is 2.44 bits per heavy atom. The Morgan fingerprint density at radius 1 is 1.16 bits per heavy atom. The van der Waals surface area contributed by atoms with Crippen molar-refractivity contribution in [3.8, 4) is 0 Å². The molecular formula is C18H19ClFN3O2. The summed E-state index contributed by atoms with van der Waals surface area (Å²) < 4.78 is 13.1. The fourth-order valence-electron chi connectivity index (χ4n) is 2.36. The lowest BCUT2D eigenvalue weighted by atomic mass is 10.1. The van der Waals surface area contributed by atoms with Gasteiger partial charge in [-0.1, -0.05) is 41.9 Å². The average molecular weight is 364 g/mol. The third-order valence-electron chi connectivity index (χ3n) is 3.51. The molecule has 1 unspecified atom stereocenters. The van der Waals surface area contributed by atoms with Gasteiger partial charge in [0.1, 0.15) is 11.9 Å². The first-order valence-electron chi connectivity index (χ1n) is 7.62. The monoisotopic (exact) mass is 363 g/mol. The van der Waals surface area contributed by atoms with E-state index < -0.39 is 17.8 Å². The molecule has 2 aromatic rings. The van der Waals surface area contributed by atoms with Gasteiger partial charge in [-0.25, -0.2) is 4.39 Å². The smallest absolute Gasteiger partial charge is 0.243 e. The minimum Gasteiger partial charge on any atom is -0.345 e. The molecule has 5 nitrogen and oxygen atoms in total. The second kappa shape index (κ2) is 8.60. The maximum Gasteiger partial charge on any atom is 0.243 e. The lowest BCUT2D eigenvalue weighted by Crippen LogP contribution is -2.40. The lowest BCUT2D eigenvalue weighted by molar-refractivity contribution is -0.127. The highest BCUT2D eigenvalue weighted by molar-refractivity contribution is 6.31. The molecule has 2 amide bonds.